The molecule has 92 valence electrons. The van der Waals surface area contributed by atoms with Crippen LogP contribution in [0.3, 0.4) is 0 Å². The second-order valence-electron chi connectivity index (χ2n) is 3.62. The summed E-state index contributed by atoms with van der Waals surface area (Å²) in [5.41, 5.74) is 5.81. The van der Waals surface area contributed by atoms with Crippen LogP contribution in [-0.4, -0.2) is 37.3 Å². The van der Waals surface area contributed by atoms with Gasteiger partial charge in [-0.25, -0.2) is 18.4 Å². The van der Waals surface area contributed by atoms with Gasteiger partial charge in [0.1, 0.15) is 5.82 Å². The van der Waals surface area contributed by atoms with Gasteiger partial charge in [0.15, 0.2) is 0 Å². The van der Waals surface area contributed by atoms with Gasteiger partial charge in [0.25, 0.3) is 0 Å². The molecule has 0 saturated carbocycles. The Labute approximate surface area is 99.0 Å². The molecule has 1 aromatic rings. The van der Waals surface area contributed by atoms with Gasteiger partial charge in [0.05, 0.1) is 0 Å². The van der Waals surface area contributed by atoms with Gasteiger partial charge in [-0.05, 0) is 18.1 Å². The highest BCUT2D eigenvalue weighted by Gasteiger charge is 2.34. The summed E-state index contributed by atoms with van der Waals surface area (Å²) in [5, 5.41) is 0. The van der Waals surface area contributed by atoms with Crippen LogP contribution in [0.25, 0.3) is 0 Å². The van der Waals surface area contributed by atoms with Gasteiger partial charge in [0, 0.05) is 19.8 Å². The summed E-state index contributed by atoms with van der Waals surface area (Å²) in [7, 11) is -2.80. The van der Waals surface area contributed by atoms with Crippen LogP contribution in [0, 0.1) is 0 Å². The predicted octanol–water partition coefficient (Wildman–Crippen LogP) is -0.301. The summed E-state index contributed by atoms with van der Waals surface area (Å²) < 4.78 is 25.7. The quantitative estimate of drug-likeness (QED) is 0.785. The lowest BCUT2D eigenvalue weighted by atomic mass is 10.2. The smallest absolute Gasteiger partial charge is 0.330 e. The zero-order chi connectivity index (χ0) is 12.6. The van der Waals surface area contributed by atoms with Gasteiger partial charge >= 0.3 is 16.2 Å². The van der Waals surface area contributed by atoms with Crippen LogP contribution >= 0.6 is 0 Å². The maximum absolute atomic E-state index is 12.0. The number of nitrogens with two attached hydrogens (primary N) is 1. The van der Waals surface area contributed by atoms with Crippen molar-refractivity contribution in [2.75, 3.05) is 17.9 Å². The monoisotopic (exact) mass is 256 g/mol. The lowest BCUT2D eigenvalue weighted by Gasteiger charge is -2.23. The van der Waals surface area contributed by atoms with E-state index in [0.717, 1.165) is 16.9 Å². The van der Waals surface area contributed by atoms with E-state index in [4.69, 9.17) is 5.73 Å². The number of carbonyl (C=O) groups is 1. The summed E-state index contributed by atoms with van der Waals surface area (Å²) in [6, 6.07) is 2.53. The van der Waals surface area contributed by atoms with Crippen LogP contribution in [0.2, 0.25) is 0 Å². The number of pyridine rings is 1. The molecular formula is C9H12N4O3S. The molecule has 0 radical (unpaired) electrons. The van der Waals surface area contributed by atoms with Crippen LogP contribution < -0.4 is 10.0 Å². The molecule has 0 fully saturated rings. The Morgan fingerprint density at radius 1 is 1.59 bits per heavy atom. The number of hydrogen-bond acceptors (Lipinski definition) is 4. The number of anilines is 1. The van der Waals surface area contributed by atoms with E-state index in [1.54, 1.807) is 6.07 Å². The molecule has 1 aromatic heterocycles. The summed E-state index contributed by atoms with van der Waals surface area (Å²) in [4.78, 5) is 15.0. The van der Waals surface area contributed by atoms with Gasteiger partial charge in [0.2, 0.25) is 0 Å². The second kappa shape index (κ2) is 3.88. The normalized spacial score (nSPS) is 14.5. The zero-order valence-electron chi connectivity index (χ0n) is 9.20. The summed E-state index contributed by atoms with van der Waals surface area (Å²) >= 11 is 0. The Morgan fingerprint density at radius 2 is 2.29 bits per heavy atom. The van der Waals surface area contributed by atoms with E-state index in [0.29, 0.717) is 16.5 Å². The molecule has 2 rings (SSSR count). The Hall–Kier alpha value is -1.83. The molecule has 7 nitrogen and oxygen atoms in total. The van der Waals surface area contributed by atoms with Crippen LogP contribution in [0.4, 0.5) is 10.6 Å². The van der Waals surface area contributed by atoms with Crippen molar-refractivity contribution in [3.8, 4) is 0 Å². The van der Waals surface area contributed by atoms with Gasteiger partial charge < -0.3 is 5.73 Å². The van der Waals surface area contributed by atoms with Crippen molar-refractivity contribution in [2.45, 2.75) is 6.42 Å². The van der Waals surface area contributed by atoms with Gasteiger partial charge in [-0.2, -0.15) is 8.42 Å². The third-order valence-corrected chi connectivity index (χ3v) is 4.41. The summed E-state index contributed by atoms with van der Waals surface area (Å²) in [6.07, 6.45) is 2.09. The van der Waals surface area contributed by atoms with E-state index >= 15 is 0 Å². The molecule has 0 saturated heterocycles. The molecule has 0 atom stereocenters. The van der Waals surface area contributed by atoms with E-state index in [1.165, 1.54) is 6.20 Å². The first-order valence-electron chi connectivity index (χ1n) is 4.94. The standard InChI is InChI=1S/C9H12N4O3S/c1-12(9(10)14)17(15,16)13-6-4-7-3-2-5-11-8(7)13/h2-3,5H,4,6H2,1H3,(H2,10,14). The van der Waals surface area contributed by atoms with Crippen molar-refractivity contribution >= 4 is 22.1 Å². The minimum atomic E-state index is -3.92. The summed E-state index contributed by atoms with van der Waals surface area (Å²) in [6.45, 7) is 0.270. The van der Waals surface area contributed by atoms with Crippen LogP contribution in [0.5, 0.6) is 0 Å². The van der Waals surface area contributed by atoms with Crippen molar-refractivity contribution in [3.63, 3.8) is 0 Å². The fourth-order valence-electron chi connectivity index (χ4n) is 1.66. The van der Waals surface area contributed by atoms with Crippen LogP contribution in [-0.2, 0) is 16.6 Å². The first kappa shape index (κ1) is 11.6. The summed E-state index contributed by atoms with van der Waals surface area (Å²) in [5.74, 6) is 0.362. The fourth-order valence-corrected chi connectivity index (χ4v) is 2.89. The average Bonchev–Trinajstić information content (AvgIpc) is 2.72. The highest BCUT2D eigenvalue weighted by molar-refractivity contribution is 7.91. The number of aromatic nitrogens is 1. The molecule has 0 aliphatic carbocycles. The van der Waals surface area contributed by atoms with Crippen molar-refractivity contribution in [2.24, 2.45) is 5.73 Å². The number of primary amides is 1. The Kier molecular flexibility index (Phi) is 2.66. The topological polar surface area (TPSA) is 96.6 Å². The molecule has 0 bridgehead atoms. The molecule has 2 N–H and O–H groups in total. The number of carbonyl (C=O) groups excluding carboxylic acids is 1. The Bertz CT molecular complexity index is 557. The lowest BCUT2D eigenvalue weighted by Crippen LogP contribution is -2.46. The van der Waals surface area contributed by atoms with E-state index in [1.807, 2.05) is 6.07 Å². The van der Waals surface area contributed by atoms with E-state index < -0.39 is 16.2 Å². The van der Waals surface area contributed by atoms with Gasteiger partial charge in [-0.15, -0.1) is 0 Å². The largest absolute Gasteiger partial charge is 0.351 e. The highest BCUT2D eigenvalue weighted by atomic mass is 32.2. The molecule has 0 spiro atoms. The number of rotatable bonds is 2. The molecule has 17 heavy (non-hydrogen) atoms. The van der Waals surface area contributed by atoms with E-state index in [-0.39, 0.29) is 6.54 Å². The van der Waals surface area contributed by atoms with Gasteiger partial charge in [-0.1, -0.05) is 6.07 Å². The highest BCUT2D eigenvalue weighted by Crippen LogP contribution is 2.28. The first-order chi connectivity index (χ1) is 7.94. The average molecular weight is 256 g/mol. The SMILES string of the molecule is CN(C(N)=O)S(=O)(=O)N1CCc2cccnc21. The predicted molar refractivity (Wildman–Crippen MR) is 61.6 cm³/mol. The molecule has 2 heterocycles. The third kappa shape index (κ3) is 1.80. The number of nitrogens with zero attached hydrogens (tertiary/aromatic N) is 3. The molecule has 0 unspecified atom stereocenters. The lowest BCUT2D eigenvalue weighted by molar-refractivity contribution is 0.237. The van der Waals surface area contributed by atoms with Crippen LogP contribution in [0.15, 0.2) is 18.3 Å². The van der Waals surface area contributed by atoms with Crippen molar-refractivity contribution in [3.05, 3.63) is 23.9 Å². The minimum absolute atomic E-state index is 0.270. The number of amides is 2. The van der Waals surface area contributed by atoms with E-state index in [9.17, 15) is 13.2 Å². The maximum atomic E-state index is 12.0. The molecule has 0 aromatic carbocycles. The fraction of sp³-hybridized carbons (Fsp3) is 0.333. The Morgan fingerprint density at radius 3 is 2.94 bits per heavy atom. The third-order valence-electron chi connectivity index (χ3n) is 2.62. The molecule has 1 aliphatic rings. The number of fused-ring (bicyclic) bond motifs is 1. The Balaban J connectivity index is 2.41. The second-order valence-corrected chi connectivity index (χ2v) is 5.51. The maximum Gasteiger partial charge on any atom is 0.330 e. The van der Waals surface area contributed by atoms with Crippen molar-refractivity contribution < 1.29 is 13.2 Å². The van der Waals surface area contributed by atoms with Crippen molar-refractivity contribution in [1.82, 2.24) is 9.29 Å². The minimum Gasteiger partial charge on any atom is -0.351 e. The van der Waals surface area contributed by atoms with Crippen LogP contribution in [0.1, 0.15) is 5.56 Å². The first-order valence-corrected chi connectivity index (χ1v) is 6.34. The van der Waals surface area contributed by atoms with E-state index in [2.05, 4.69) is 4.98 Å². The number of hydrogen-bond donors (Lipinski definition) is 1. The molecular weight excluding hydrogens is 244 g/mol. The molecule has 2 amide bonds. The molecule has 8 heteroatoms. The van der Waals surface area contributed by atoms with Gasteiger partial charge in [-0.3, -0.25) is 0 Å². The molecule has 1 aliphatic heterocycles. The zero-order valence-corrected chi connectivity index (χ0v) is 10.0. The van der Waals surface area contributed by atoms with Crippen molar-refractivity contribution in [1.29, 1.82) is 0 Å². The number of urea groups is 1.